The number of nitrogens with zero attached hydrogens (tertiary/aromatic N) is 1. The molecule has 21 heavy (non-hydrogen) atoms. The van der Waals surface area contributed by atoms with E-state index in [1.165, 1.54) is 6.42 Å². The third kappa shape index (κ3) is 5.24. The molecule has 1 aromatic rings. The molecular formula is C14H24N4O2S. The van der Waals surface area contributed by atoms with Gasteiger partial charge in [-0.3, -0.25) is 10.4 Å². The van der Waals surface area contributed by atoms with Crippen molar-refractivity contribution in [3.8, 4) is 0 Å². The fourth-order valence-corrected chi connectivity index (χ4v) is 3.36. The van der Waals surface area contributed by atoms with Crippen molar-refractivity contribution < 1.29 is 9.53 Å². The van der Waals surface area contributed by atoms with Gasteiger partial charge in [-0.1, -0.05) is 6.92 Å². The quantitative estimate of drug-likeness (QED) is 0.796. The maximum atomic E-state index is 11.8. The molecule has 2 atom stereocenters. The lowest BCUT2D eigenvalue weighted by Crippen LogP contribution is -2.30. The van der Waals surface area contributed by atoms with Crippen molar-refractivity contribution in [3.05, 3.63) is 11.8 Å². The van der Waals surface area contributed by atoms with Crippen LogP contribution in [0.25, 0.3) is 0 Å². The molecule has 2 rings (SSSR count). The van der Waals surface area contributed by atoms with E-state index in [0.717, 1.165) is 11.3 Å². The monoisotopic (exact) mass is 312 g/mol. The number of nitrogens with one attached hydrogen (secondary N) is 3. The van der Waals surface area contributed by atoms with Crippen molar-refractivity contribution in [1.29, 1.82) is 0 Å². The molecule has 3 N–H and O–H groups in total. The van der Waals surface area contributed by atoms with Crippen LogP contribution in [0, 0.1) is 0 Å². The number of H-pyrrole nitrogens is 1. The fourth-order valence-electron chi connectivity index (χ4n) is 2.17. The highest BCUT2D eigenvalue weighted by Gasteiger charge is 2.22. The van der Waals surface area contributed by atoms with Gasteiger partial charge in [-0.25, -0.2) is 4.79 Å². The highest BCUT2D eigenvalue weighted by atomic mass is 32.2. The van der Waals surface area contributed by atoms with Gasteiger partial charge in [-0.2, -0.15) is 16.9 Å². The zero-order valence-electron chi connectivity index (χ0n) is 13.0. The number of anilines is 1. The Balaban J connectivity index is 1.85. The Labute approximate surface area is 129 Å². The van der Waals surface area contributed by atoms with Gasteiger partial charge < -0.3 is 10.1 Å². The molecule has 6 nitrogen and oxygen atoms in total. The molecule has 1 fully saturated rings. The molecule has 7 heteroatoms. The van der Waals surface area contributed by atoms with Crippen LogP contribution in [0.2, 0.25) is 0 Å². The van der Waals surface area contributed by atoms with E-state index in [9.17, 15) is 4.79 Å². The fraction of sp³-hybridized carbons (Fsp3) is 0.714. The van der Waals surface area contributed by atoms with E-state index < -0.39 is 11.7 Å². The topological polar surface area (TPSA) is 79.0 Å². The normalized spacial score (nSPS) is 22.3. The van der Waals surface area contributed by atoms with E-state index in [2.05, 4.69) is 27.8 Å². The summed E-state index contributed by atoms with van der Waals surface area (Å²) in [5, 5.41) is 13.7. The van der Waals surface area contributed by atoms with Crippen molar-refractivity contribution in [1.82, 2.24) is 15.5 Å². The largest absolute Gasteiger partial charge is 0.444 e. The Bertz CT molecular complexity index is 484. The second-order valence-corrected chi connectivity index (χ2v) is 7.83. The Morgan fingerprint density at radius 3 is 2.95 bits per heavy atom. The molecule has 0 aromatic carbocycles. The molecule has 1 aliphatic rings. The van der Waals surface area contributed by atoms with Gasteiger partial charge in [-0.15, -0.1) is 0 Å². The number of carbonyl (C=O) groups excluding carboxylic acids is 1. The summed E-state index contributed by atoms with van der Waals surface area (Å²) >= 11 is 1.99. The lowest BCUT2D eigenvalue weighted by Gasteiger charge is -2.19. The Morgan fingerprint density at radius 1 is 1.57 bits per heavy atom. The number of amides is 1. The Kier molecular flexibility index (Phi) is 5.16. The van der Waals surface area contributed by atoms with Crippen LogP contribution in [0.4, 0.5) is 10.6 Å². The predicted octanol–water partition coefficient (Wildman–Crippen LogP) is 2.74. The second-order valence-electron chi connectivity index (χ2n) is 6.35. The first kappa shape index (κ1) is 16.2. The number of thioether (sulfide) groups is 1. The highest BCUT2D eigenvalue weighted by molar-refractivity contribution is 8.00. The summed E-state index contributed by atoms with van der Waals surface area (Å²) in [6.07, 6.45) is 2.43. The van der Waals surface area contributed by atoms with Gasteiger partial charge in [0.25, 0.3) is 0 Å². The Hall–Kier alpha value is -1.21. The van der Waals surface area contributed by atoms with E-state index in [4.69, 9.17) is 4.74 Å². The molecule has 118 valence electrons. The van der Waals surface area contributed by atoms with Gasteiger partial charge in [0, 0.05) is 29.2 Å². The van der Waals surface area contributed by atoms with Crippen LogP contribution in [-0.4, -0.2) is 38.9 Å². The summed E-state index contributed by atoms with van der Waals surface area (Å²) in [6, 6.07) is 0.522. The second kappa shape index (κ2) is 6.70. The van der Waals surface area contributed by atoms with Gasteiger partial charge >= 0.3 is 6.09 Å². The molecule has 1 saturated heterocycles. The number of hydrogen-bond acceptors (Lipinski definition) is 5. The first-order valence-corrected chi connectivity index (χ1v) is 8.25. The number of carbonyl (C=O) groups is 1. The highest BCUT2D eigenvalue weighted by Crippen LogP contribution is 2.26. The van der Waals surface area contributed by atoms with E-state index in [0.29, 0.717) is 23.7 Å². The summed E-state index contributed by atoms with van der Waals surface area (Å²) in [5.41, 5.74) is 0.421. The van der Waals surface area contributed by atoms with Gasteiger partial charge in [-0.05, 0) is 27.2 Å². The van der Waals surface area contributed by atoms with Crippen LogP contribution in [0.5, 0.6) is 0 Å². The van der Waals surface area contributed by atoms with Gasteiger partial charge in [0.05, 0.1) is 6.20 Å². The van der Waals surface area contributed by atoms with Crippen LogP contribution in [0.3, 0.4) is 0 Å². The van der Waals surface area contributed by atoms with Crippen molar-refractivity contribution in [3.63, 3.8) is 0 Å². The first-order chi connectivity index (χ1) is 9.83. The molecule has 0 bridgehead atoms. The maximum Gasteiger partial charge on any atom is 0.413 e. The molecule has 1 aromatic heterocycles. The molecule has 0 saturated carbocycles. The van der Waals surface area contributed by atoms with Crippen LogP contribution < -0.4 is 10.6 Å². The number of hydrogen-bond donors (Lipinski definition) is 3. The van der Waals surface area contributed by atoms with Crippen molar-refractivity contribution >= 4 is 23.7 Å². The SMILES string of the molecule is CC1CC(NCc2cn[nH]c2NC(=O)OC(C)(C)C)CS1. The van der Waals surface area contributed by atoms with Crippen LogP contribution in [0.1, 0.15) is 39.7 Å². The summed E-state index contributed by atoms with van der Waals surface area (Å²) in [6.45, 7) is 8.43. The number of ether oxygens (including phenoxy) is 1. The number of rotatable bonds is 4. The van der Waals surface area contributed by atoms with Crippen molar-refractivity contribution in [2.24, 2.45) is 0 Å². The predicted molar refractivity (Wildman–Crippen MR) is 85.6 cm³/mol. The molecular weight excluding hydrogens is 288 g/mol. The summed E-state index contributed by atoms with van der Waals surface area (Å²) in [7, 11) is 0. The summed E-state index contributed by atoms with van der Waals surface area (Å²) in [4.78, 5) is 11.8. The minimum absolute atomic E-state index is 0.474. The standard InChI is InChI=1S/C14H24N4O2S/c1-9-5-11(8-21-9)15-6-10-7-16-18-12(10)17-13(19)20-14(2,3)4/h7,9,11,15H,5-6,8H2,1-4H3,(H2,16,17,18,19). The minimum Gasteiger partial charge on any atom is -0.444 e. The van der Waals surface area contributed by atoms with E-state index >= 15 is 0 Å². The summed E-state index contributed by atoms with van der Waals surface area (Å²) < 4.78 is 5.24. The minimum atomic E-state index is -0.514. The van der Waals surface area contributed by atoms with Crippen LogP contribution in [-0.2, 0) is 11.3 Å². The smallest absolute Gasteiger partial charge is 0.413 e. The average Bonchev–Trinajstić information content (AvgIpc) is 2.93. The zero-order valence-corrected chi connectivity index (χ0v) is 13.8. The van der Waals surface area contributed by atoms with Crippen LogP contribution in [0.15, 0.2) is 6.20 Å². The zero-order chi connectivity index (χ0) is 15.5. The number of aromatic amines is 1. The third-order valence-electron chi connectivity index (χ3n) is 3.12. The van der Waals surface area contributed by atoms with Crippen LogP contribution >= 0.6 is 11.8 Å². The number of aromatic nitrogens is 2. The lowest BCUT2D eigenvalue weighted by atomic mass is 10.2. The molecule has 2 heterocycles. The molecule has 0 aliphatic carbocycles. The van der Waals surface area contributed by atoms with Gasteiger partial charge in [0.15, 0.2) is 0 Å². The molecule has 0 spiro atoms. The third-order valence-corrected chi connectivity index (χ3v) is 4.48. The molecule has 0 radical (unpaired) electrons. The van der Waals surface area contributed by atoms with E-state index in [1.54, 1.807) is 6.20 Å². The van der Waals surface area contributed by atoms with E-state index in [-0.39, 0.29) is 0 Å². The molecule has 1 amide bonds. The maximum absolute atomic E-state index is 11.8. The lowest BCUT2D eigenvalue weighted by molar-refractivity contribution is 0.0635. The molecule has 2 unspecified atom stereocenters. The molecule has 1 aliphatic heterocycles. The average molecular weight is 312 g/mol. The Morgan fingerprint density at radius 2 is 2.33 bits per heavy atom. The van der Waals surface area contributed by atoms with Gasteiger partial charge in [0.1, 0.15) is 11.4 Å². The van der Waals surface area contributed by atoms with E-state index in [1.807, 2.05) is 32.5 Å². The first-order valence-electron chi connectivity index (χ1n) is 7.21. The van der Waals surface area contributed by atoms with Gasteiger partial charge in [0.2, 0.25) is 0 Å². The van der Waals surface area contributed by atoms with Crippen molar-refractivity contribution in [2.75, 3.05) is 11.1 Å². The van der Waals surface area contributed by atoms with Crippen molar-refractivity contribution in [2.45, 2.75) is 57.6 Å². The summed E-state index contributed by atoms with van der Waals surface area (Å²) in [5.74, 6) is 1.73.